The molecule has 0 aliphatic rings. The fourth-order valence-electron chi connectivity index (χ4n) is 1.95. The zero-order valence-corrected chi connectivity index (χ0v) is 12.8. The maximum atomic E-state index is 12.1. The van der Waals surface area contributed by atoms with Crippen LogP contribution in [0.15, 0.2) is 39.9 Å². The third-order valence-corrected chi connectivity index (χ3v) is 3.11. The quantitative estimate of drug-likeness (QED) is 0.481. The Morgan fingerprint density at radius 2 is 2.13 bits per heavy atom. The van der Waals surface area contributed by atoms with Crippen molar-refractivity contribution >= 4 is 5.91 Å². The number of rotatable bonds is 7. The number of carbonyl (C=O) groups excluding carboxylic acids is 1. The summed E-state index contributed by atoms with van der Waals surface area (Å²) in [5, 5.41) is 6.11. The van der Waals surface area contributed by atoms with Gasteiger partial charge in [-0.15, -0.1) is 0 Å². The topological polar surface area (TPSA) is 109 Å². The van der Waals surface area contributed by atoms with Crippen molar-refractivity contribution in [2.24, 2.45) is 5.11 Å². The van der Waals surface area contributed by atoms with Gasteiger partial charge in [0.05, 0.1) is 20.8 Å². The summed E-state index contributed by atoms with van der Waals surface area (Å²) in [7, 11) is 3.12. The summed E-state index contributed by atoms with van der Waals surface area (Å²) in [5.41, 5.74) is 9.07. The molecule has 1 heterocycles. The lowest BCUT2D eigenvalue weighted by Crippen LogP contribution is -2.22. The minimum Gasteiger partial charge on any atom is -0.497 e. The lowest BCUT2D eigenvalue weighted by atomic mass is 10.2. The Balaban J connectivity index is 2.01. The standard InChI is InChI=1S/C15H16N4O4/c1-21-11-4-3-10(14(7-11)22-2)8-17-15(20)13-6-5-12(23-13)9-18-19-16/h3-7H,8-9H2,1-2H3,(H,17,20). The van der Waals surface area contributed by atoms with Gasteiger partial charge >= 0.3 is 0 Å². The highest BCUT2D eigenvalue weighted by Gasteiger charge is 2.12. The van der Waals surface area contributed by atoms with Crippen LogP contribution in [0.25, 0.3) is 10.4 Å². The Morgan fingerprint density at radius 1 is 1.30 bits per heavy atom. The fourth-order valence-corrected chi connectivity index (χ4v) is 1.95. The van der Waals surface area contributed by atoms with Gasteiger partial charge in [-0.25, -0.2) is 0 Å². The highest BCUT2D eigenvalue weighted by molar-refractivity contribution is 5.91. The van der Waals surface area contributed by atoms with E-state index in [9.17, 15) is 4.79 Å². The molecule has 0 radical (unpaired) electrons. The summed E-state index contributed by atoms with van der Waals surface area (Å²) in [4.78, 5) is 14.7. The van der Waals surface area contributed by atoms with Gasteiger partial charge in [-0.1, -0.05) is 5.11 Å². The molecule has 2 rings (SSSR count). The third kappa shape index (κ3) is 4.18. The van der Waals surface area contributed by atoms with Crippen molar-refractivity contribution in [3.8, 4) is 11.5 Å². The van der Waals surface area contributed by atoms with E-state index in [1.165, 1.54) is 6.07 Å². The third-order valence-electron chi connectivity index (χ3n) is 3.11. The van der Waals surface area contributed by atoms with E-state index in [-0.39, 0.29) is 24.8 Å². The van der Waals surface area contributed by atoms with Crippen LogP contribution in [0.1, 0.15) is 21.9 Å². The SMILES string of the molecule is COc1ccc(CNC(=O)c2ccc(CN=[N+]=[N-])o2)c(OC)c1. The summed E-state index contributed by atoms with van der Waals surface area (Å²) in [5.74, 6) is 1.50. The molecule has 1 aromatic heterocycles. The summed E-state index contributed by atoms with van der Waals surface area (Å²) in [6.45, 7) is 0.342. The largest absolute Gasteiger partial charge is 0.497 e. The van der Waals surface area contributed by atoms with Gasteiger partial charge in [-0.3, -0.25) is 4.79 Å². The first-order valence-corrected chi connectivity index (χ1v) is 6.76. The van der Waals surface area contributed by atoms with Crippen LogP contribution in [-0.4, -0.2) is 20.1 Å². The smallest absolute Gasteiger partial charge is 0.287 e. The molecule has 1 amide bonds. The highest BCUT2D eigenvalue weighted by atomic mass is 16.5. The van der Waals surface area contributed by atoms with Crippen molar-refractivity contribution in [2.45, 2.75) is 13.1 Å². The first-order valence-electron chi connectivity index (χ1n) is 6.76. The van der Waals surface area contributed by atoms with E-state index in [1.807, 2.05) is 6.07 Å². The molecule has 8 nitrogen and oxygen atoms in total. The highest BCUT2D eigenvalue weighted by Crippen LogP contribution is 2.24. The van der Waals surface area contributed by atoms with Crippen LogP contribution in [0.3, 0.4) is 0 Å². The van der Waals surface area contributed by atoms with Crippen LogP contribution in [-0.2, 0) is 13.1 Å². The van der Waals surface area contributed by atoms with E-state index in [2.05, 4.69) is 15.3 Å². The van der Waals surface area contributed by atoms with Crippen LogP contribution < -0.4 is 14.8 Å². The fraction of sp³-hybridized carbons (Fsp3) is 0.267. The number of hydrogen-bond donors (Lipinski definition) is 1. The van der Waals surface area contributed by atoms with E-state index >= 15 is 0 Å². The Hall–Kier alpha value is -3.12. The van der Waals surface area contributed by atoms with Gasteiger partial charge in [0, 0.05) is 23.1 Å². The molecule has 1 N–H and O–H groups in total. The minimum absolute atomic E-state index is 0.0656. The second-order valence-corrected chi connectivity index (χ2v) is 4.52. The Kier molecular flexibility index (Phi) is 5.49. The molecular formula is C15H16N4O4. The molecule has 0 bridgehead atoms. The first-order chi connectivity index (χ1) is 11.2. The number of ether oxygens (including phenoxy) is 2. The number of methoxy groups -OCH3 is 2. The van der Waals surface area contributed by atoms with Gasteiger partial charge < -0.3 is 19.2 Å². The van der Waals surface area contributed by atoms with Gasteiger partial charge in [-0.05, 0) is 29.8 Å². The van der Waals surface area contributed by atoms with Crippen molar-refractivity contribution in [1.82, 2.24) is 5.32 Å². The second-order valence-electron chi connectivity index (χ2n) is 4.52. The van der Waals surface area contributed by atoms with Crippen molar-refractivity contribution in [3.05, 3.63) is 57.9 Å². The Bertz CT molecular complexity index is 735. The summed E-state index contributed by atoms with van der Waals surface area (Å²) >= 11 is 0. The number of amides is 1. The maximum Gasteiger partial charge on any atom is 0.287 e. The average molecular weight is 316 g/mol. The molecule has 8 heteroatoms. The van der Waals surface area contributed by atoms with Crippen LogP contribution >= 0.6 is 0 Å². The lowest BCUT2D eigenvalue weighted by molar-refractivity contribution is 0.0921. The summed E-state index contributed by atoms with van der Waals surface area (Å²) < 4.78 is 15.7. The van der Waals surface area contributed by atoms with Crippen LogP contribution in [0.2, 0.25) is 0 Å². The number of azide groups is 1. The van der Waals surface area contributed by atoms with Gasteiger partial charge in [-0.2, -0.15) is 0 Å². The van der Waals surface area contributed by atoms with Crippen molar-refractivity contribution in [3.63, 3.8) is 0 Å². The molecule has 2 aromatic rings. The average Bonchev–Trinajstić information content (AvgIpc) is 3.06. The van der Waals surface area contributed by atoms with Gasteiger partial charge in [0.25, 0.3) is 5.91 Å². The van der Waals surface area contributed by atoms with Gasteiger partial charge in [0.2, 0.25) is 0 Å². The molecule has 0 aliphatic carbocycles. The number of furan rings is 1. The second kappa shape index (κ2) is 7.77. The number of nitrogens with zero attached hydrogens (tertiary/aromatic N) is 3. The molecule has 23 heavy (non-hydrogen) atoms. The number of benzene rings is 1. The zero-order valence-electron chi connectivity index (χ0n) is 12.8. The van der Waals surface area contributed by atoms with Gasteiger partial charge in [0.15, 0.2) is 5.76 Å². The maximum absolute atomic E-state index is 12.1. The van der Waals surface area contributed by atoms with Crippen LogP contribution in [0.5, 0.6) is 11.5 Å². The summed E-state index contributed by atoms with van der Waals surface area (Å²) in [6.07, 6.45) is 0. The molecule has 0 fully saturated rings. The molecule has 0 saturated heterocycles. The number of carbonyl (C=O) groups is 1. The molecule has 0 unspecified atom stereocenters. The molecule has 0 aliphatic heterocycles. The molecule has 0 saturated carbocycles. The molecule has 0 atom stereocenters. The number of hydrogen-bond acceptors (Lipinski definition) is 5. The van der Waals surface area contributed by atoms with E-state index in [4.69, 9.17) is 19.4 Å². The van der Waals surface area contributed by atoms with E-state index in [0.29, 0.717) is 17.3 Å². The van der Waals surface area contributed by atoms with E-state index < -0.39 is 0 Å². The summed E-state index contributed by atoms with van der Waals surface area (Å²) in [6, 6.07) is 8.47. The van der Waals surface area contributed by atoms with Gasteiger partial charge in [0.1, 0.15) is 17.3 Å². The normalized spacial score (nSPS) is 9.83. The van der Waals surface area contributed by atoms with E-state index in [1.54, 1.807) is 32.4 Å². The van der Waals surface area contributed by atoms with Crippen LogP contribution in [0, 0.1) is 0 Å². The van der Waals surface area contributed by atoms with Crippen LogP contribution in [0.4, 0.5) is 0 Å². The Labute approximate surface area is 132 Å². The van der Waals surface area contributed by atoms with E-state index in [0.717, 1.165) is 5.56 Å². The zero-order chi connectivity index (χ0) is 16.7. The molecule has 0 spiro atoms. The predicted molar refractivity (Wildman–Crippen MR) is 82.3 cm³/mol. The van der Waals surface area contributed by atoms with Crippen molar-refractivity contribution in [1.29, 1.82) is 0 Å². The molecule has 120 valence electrons. The monoisotopic (exact) mass is 316 g/mol. The lowest BCUT2D eigenvalue weighted by Gasteiger charge is -2.10. The minimum atomic E-state index is -0.366. The van der Waals surface area contributed by atoms with Crippen molar-refractivity contribution in [2.75, 3.05) is 14.2 Å². The van der Waals surface area contributed by atoms with Crippen molar-refractivity contribution < 1.29 is 18.7 Å². The Morgan fingerprint density at radius 3 is 2.83 bits per heavy atom. The first kappa shape index (κ1) is 16.3. The molecular weight excluding hydrogens is 300 g/mol. The molecule has 1 aromatic carbocycles. The predicted octanol–water partition coefficient (Wildman–Crippen LogP) is 3.04. The number of nitrogens with one attached hydrogen (secondary N) is 1.